The Bertz CT molecular complexity index is 839. The van der Waals surface area contributed by atoms with Crippen molar-refractivity contribution in [3.63, 3.8) is 0 Å². The lowest BCUT2D eigenvalue weighted by Gasteiger charge is -2.01. The Morgan fingerprint density at radius 3 is 2.88 bits per heavy atom. The first-order chi connectivity index (χ1) is 11.5. The molecule has 0 aliphatic carbocycles. The molecule has 7 heteroatoms. The van der Waals surface area contributed by atoms with Gasteiger partial charge in [-0.2, -0.15) is 0 Å². The standard InChI is InChI=1S/C17H18N4O2S/c1-10(2)15-6-13(11(3)23-15)16(22)20-7-12-9-24-17(21-12)14-8-18-4-5-19-14/h4-6,8-10H,7H2,1-3H3,(H,20,22). The van der Waals surface area contributed by atoms with E-state index in [4.69, 9.17) is 4.42 Å². The number of nitrogens with one attached hydrogen (secondary N) is 1. The maximum atomic E-state index is 12.3. The van der Waals surface area contributed by atoms with Crippen LogP contribution < -0.4 is 5.32 Å². The molecule has 0 unspecified atom stereocenters. The van der Waals surface area contributed by atoms with Crippen molar-refractivity contribution in [2.24, 2.45) is 0 Å². The van der Waals surface area contributed by atoms with Crippen molar-refractivity contribution >= 4 is 17.2 Å². The summed E-state index contributed by atoms with van der Waals surface area (Å²) in [5.74, 6) is 1.54. The molecule has 124 valence electrons. The van der Waals surface area contributed by atoms with Gasteiger partial charge in [-0.05, 0) is 13.0 Å². The topological polar surface area (TPSA) is 80.9 Å². The number of aromatic nitrogens is 3. The minimum absolute atomic E-state index is 0.155. The first kappa shape index (κ1) is 16.3. The zero-order chi connectivity index (χ0) is 17.1. The van der Waals surface area contributed by atoms with Crippen molar-refractivity contribution in [3.05, 3.63) is 52.8 Å². The molecule has 0 saturated heterocycles. The highest BCUT2D eigenvalue weighted by molar-refractivity contribution is 7.13. The lowest BCUT2D eigenvalue weighted by Crippen LogP contribution is -2.23. The summed E-state index contributed by atoms with van der Waals surface area (Å²) in [6.45, 7) is 6.22. The van der Waals surface area contributed by atoms with Gasteiger partial charge in [0.25, 0.3) is 5.91 Å². The predicted molar refractivity (Wildman–Crippen MR) is 91.8 cm³/mol. The number of nitrogens with zero attached hydrogens (tertiary/aromatic N) is 3. The summed E-state index contributed by atoms with van der Waals surface area (Å²) in [5, 5.41) is 5.58. The highest BCUT2D eigenvalue weighted by atomic mass is 32.1. The van der Waals surface area contributed by atoms with Crippen LogP contribution in [-0.4, -0.2) is 20.9 Å². The van der Waals surface area contributed by atoms with Crippen molar-refractivity contribution in [2.75, 3.05) is 0 Å². The van der Waals surface area contributed by atoms with Gasteiger partial charge in [-0.3, -0.25) is 14.8 Å². The Hall–Kier alpha value is -2.54. The van der Waals surface area contributed by atoms with Crippen LogP contribution in [0.25, 0.3) is 10.7 Å². The predicted octanol–water partition coefficient (Wildman–Crippen LogP) is 3.55. The van der Waals surface area contributed by atoms with E-state index >= 15 is 0 Å². The summed E-state index contributed by atoms with van der Waals surface area (Å²) in [6.07, 6.45) is 4.92. The lowest BCUT2D eigenvalue weighted by atomic mass is 10.1. The van der Waals surface area contributed by atoms with Crippen molar-refractivity contribution < 1.29 is 9.21 Å². The molecule has 1 N–H and O–H groups in total. The van der Waals surface area contributed by atoms with Crippen LogP contribution in [0.4, 0.5) is 0 Å². The molecule has 24 heavy (non-hydrogen) atoms. The number of rotatable bonds is 5. The molecule has 0 aliphatic heterocycles. The third-order valence-corrected chi connectivity index (χ3v) is 4.43. The zero-order valence-corrected chi connectivity index (χ0v) is 14.6. The summed E-state index contributed by atoms with van der Waals surface area (Å²) >= 11 is 1.48. The molecule has 3 aromatic heterocycles. The van der Waals surface area contributed by atoms with Crippen LogP contribution in [-0.2, 0) is 6.54 Å². The maximum Gasteiger partial charge on any atom is 0.255 e. The van der Waals surface area contributed by atoms with Gasteiger partial charge in [0.05, 0.1) is 24.0 Å². The molecule has 0 radical (unpaired) electrons. The molecule has 0 spiro atoms. The summed E-state index contributed by atoms with van der Waals surface area (Å²) in [7, 11) is 0. The highest BCUT2D eigenvalue weighted by Gasteiger charge is 2.16. The molecule has 0 saturated carbocycles. The fourth-order valence-corrected chi connectivity index (χ4v) is 2.98. The molecule has 6 nitrogen and oxygen atoms in total. The molecular weight excluding hydrogens is 324 g/mol. The van der Waals surface area contributed by atoms with Gasteiger partial charge < -0.3 is 9.73 Å². The Morgan fingerprint density at radius 1 is 1.38 bits per heavy atom. The molecule has 3 heterocycles. The lowest BCUT2D eigenvalue weighted by molar-refractivity contribution is 0.0949. The van der Waals surface area contributed by atoms with Crippen LogP contribution in [0.1, 0.15) is 47.3 Å². The van der Waals surface area contributed by atoms with Crippen molar-refractivity contribution in [1.29, 1.82) is 0 Å². The van der Waals surface area contributed by atoms with Gasteiger partial charge in [0.15, 0.2) is 0 Å². The van der Waals surface area contributed by atoms with Crippen LogP contribution in [0, 0.1) is 6.92 Å². The van der Waals surface area contributed by atoms with E-state index in [1.165, 1.54) is 11.3 Å². The van der Waals surface area contributed by atoms with E-state index in [0.29, 0.717) is 17.9 Å². The Morgan fingerprint density at radius 2 is 2.21 bits per heavy atom. The van der Waals surface area contributed by atoms with E-state index in [0.717, 1.165) is 22.2 Å². The van der Waals surface area contributed by atoms with Crippen LogP contribution in [0.3, 0.4) is 0 Å². The smallest absolute Gasteiger partial charge is 0.255 e. The number of thiazole rings is 1. The Balaban J connectivity index is 1.66. The number of carbonyl (C=O) groups excluding carboxylic acids is 1. The van der Waals surface area contributed by atoms with E-state index in [9.17, 15) is 4.79 Å². The molecule has 0 atom stereocenters. The van der Waals surface area contributed by atoms with E-state index < -0.39 is 0 Å². The summed E-state index contributed by atoms with van der Waals surface area (Å²) in [6, 6.07) is 1.81. The molecule has 0 fully saturated rings. The van der Waals surface area contributed by atoms with Gasteiger partial charge in [0.2, 0.25) is 0 Å². The first-order valence-corrected chi connectivity index (χ1v) is 8.52. The van der Waals surface area contributed by atoms with Crippen molar-refractivity contribution in [1.82, 2.24) is 20.3 Å². The second kappa shape index (κ2) is 6.92. The normalized spacial score (nSPS) is 11.0. The summed E-state index contributed by atoms with van der Waals surface area (Å²) in [5.41, 5.74) is 2.09. The Kier molecular flexibility index (Phi) is 4.71. The quantitative estimate of drug-likeness (QED) is 0.767. The number of aryl methyl sites for hydroxylation is 1. The van der Waals surface area contributed by atoms with Crippen molar-refractivity contribution in [2.45, 2.75) is 33.2 Å². The van der Waals surface area contributed by atoms with Gasteiger partial charge >= 0.3 is 0 Å². The fraction of sp³-hybridized carbons (Fsp3) is 0.294. The second-order valence-corrected chi connectivity index (χ2v) is 6.55. The fourth-order valence-electron chi connectivity index (χ4n) is 2.20. The van der Waals surface area contributed by atoms with Crippen LogP contribution in [0.2, 0.25) is 0 Å². The van der Waals surface area contributed by atoms with Crippen LogP contribution >= 0.6 is 11.3 Å². The molecule has 3 rings (SSSR count). The minimum atomic E-state index is -0.155. The van der Waals surface area contributed by atoms with Gasteiger partial charge in [-0.15, -0.1) is 11.3 Å². The van der Waals surface area contributed by atoms with Gasteiger partial charge in [0, 0.05) is 23.7 Å². The van der Waals surface area contributed by atoms with E-state index in [1.54, 1.807) is 31.6 Å². The van der Waals surface area contributed by atoms with E-state index in [1.807, 2.05) is 19.2 Å². The molecule has 0 bridgehead atoms. The van der Waals surface area contributed by atoms with Gasteiger partial charge in [-0.1, -0.05) is 13.8 Å². The monoisotopic (exact) mass is 342 g/mol. The molecule has 0 aliphatic rings. The largest absolute Gasteiger partial charge is 0.465 e. The first-order valence-electron chi connectivity index (χ1n) is 7.64. The molecule has 1 amide bonds. The minimum Gasteiger partial charge on any atom is -0.465 e. The van der Waals surface area contributed by atoms with Crippen LogP contribution in [0.5, 0.6) is 0 Å². The maximum absolute atomic E-state index is 12.3. The zero-order valence-electron chi connectivity index (χ0n) is 13.7. The number of hydrogen-bond acceptors (Lipinski definition) is 6. The third-order valence-electron chi connectivity index (χ3n) is 3.51. The van der Waals surface area contributed by atoms with Gasteiger partial charge in [-0.25, -0.2) is 4.98 Å². The summed E-state index contributed by atoms with van der Waals surface area (Å²) in [4.78, 5) is 25.1. The van der Waals surface area contributed by atoms with Crippen molar-refractivity contribution in [3.8, 4) is 10.7 Å². The SMILES string of the molecule is Cc1oc(C(C)C)cc1C(=O)NCc1csc(-c2cnccn2)n1. The third kappa shape index (κ3) is 3.51. The van der Waals surface area contributed by atoms with E-state index in [-0.39, 0.29) is 11.8 Å². The Labute approximate surface area is 144 Å². The number of amides is 1. The number of furan rings is 1. The molecule has 3 aromatic rings. The average molecular weight is 342 g/mol. The van der Waals surface area contributed by atoms with Gasteiger partial charge in [0.1, 0.15) is 22.2 Å². The van der Waals surface area contributed by atoms with E-state index in [2.05, 4.69) is 20.3 Å². The summed E-state index contributed by atoms with van der Waals surface area (Å²) < 4.78 is 5.62. The highest BCUT2D eigenvalue weighted by Crippen LogP contribution is 2.22. The number of carbonyl (C=O) groups is 1. The molecule has 0 aromatic carbocycles. The molecular formula is C17H18N4O2S. The number of hydrogen-bond donors (Lipinski definition) is 1. The second-order valence-electron chi connectivity index (χ2n) is 5.69. The average Bonchev–Trinajstić information content (AvgIpc) is 3.20. The van der Waals surface area contributed by atoms with Crippen LogP contribution in [0.15, 0.2) is 34.5 Å².